The van der Waals surface area contributed by atoms with Gasteiger partial charge in [-0.1, -0.05) is 201 Å². The van der Waals surface area contributed by atoms with Crippen molar-refractivity contribution >= 4 is 35.8 Å². The van der Waals surface area contributed by atoms with Crippen molar-refractivity contribution in [2.24, 2.45) is 0 Å². The van der Waals surface area contributed by atoms with E-state index in [2.05, 4.69) is 41.5 Å². The van der Waals surface area contributed by atoms with Gasteiger partial charge >= 0.3 is 23.9 Å². The molecule has 0 aliphatic carbocycles. The first-order chi connectivity index (χ1) is 20.3. The Morgan fingerprint density at radius 2 is 0.860 bits per heavy atom. The molecule has 0 aromatic heterocycles. The van der Waals surface area contributed by atoms with E-state index in [9.17, 15) is 19.8 Å². The summed E-state index contributed by atoms with van der Waals surface area (Å²) in [6.07, 6.45) is 29.4. The van der Waals surface area contributed by atoms with Crippen LogP contribution in [0.25, 0.3) is 0 Å². The van der Waals surface area contributed by atoms with E-state index in [0.29, 0.717) is 0 Å². The smallest absolute Gasteiger partial charge is 0.550 e. The molecule has 4 radical (unpaired) electrons. The summed E-state index contributed by atoms with van der Waals surface area (Å²) in [5.74, 6) is -2.01. The molecule has 0 amide bonds. The van der Waals surface area contributed by atoms with E-state index in [-0.39, 0.29) is 35.9 Å². The summed E-state index contributed by atoms with van der Waals surface area (Å²) >= 11 is 0. The molecule has 0 N–H and O–H groups in total. The molecule has 0 saturated heterocycles. The molecule has 5 heteroatoms. The van der Waals surface area contributed by atoms with Crippen LogP contribution >= 0.6 is 0 Å². The molecule has 248 valence electrons. The van der Waals surface area contributed by atoms with E-state index in [1.807, 2.05) is 12.1 Å². The average molecular weight is 708 g/mol. The maximum Gasteiger partial charge on any atom is 2.00 e. The Balaban J connectivity index is -0.000000300. The van der Waals surface area contributed by atoms with Gasteiger partial charge in [0.05, 0.1) is 5.97 Å². The van der Waals surface area contributed by atoms with Crippen LogP contribution in [-0.4, -0.2) is 35.8 Å². The van der Waals surface area contributed by atoms with Crippen LogP contribution in [0.1, 0.15) is 191 Å². The molecular weight excluding hydrogens is 639 g/mol. The second-order valence-electron chi connectivity index (χ2n) is 11.2. The van der Waals surface area contributed by atoms with Crippen molar-refractivity contribution < 1.29 is 19.8 Å². The van der Waals surface area contributed by atoms with Gasteiger partial charge in [0, 0.05) is 5.97 Å². The molecule has 0 aliphatic rings. The Morgan fingerprint density at radius 3 is 1.12 bits per heavy atom. The van der Waals surface area contributed by atoms with Gasteiger partial charge in [-0.05, 0) is 30.4 Å². The Bertz CT molecular complexity index is 652. The average Bonchev–Trinajstić information content (AvgIpc) is 2.99. The number of aliphatic carboxylic acids is 1. The molecule has 1 aromatic rings. The number of rotatable bonds is 23. The van der Waals surface area contributed by atoms with Crippen molar-refractivity contribution in [1.82, 2.24) is 0 Å². The third kappa shape index (κ3) is 45.5. The second kappa shape index (κ2) is 43.1. The van der Waals surface area contributed by atoms with Gasteiger partial charge in [-0.2, -0.15) is 0 Å². The van der Waals surface area contributed by atoms with Crippen molar-refractivity contribution in [2.45, 2.75) is 182 Å². The SMILES string of the molecule is CCCCCCCCCCCCCCCCCCCC(=O)[O-].CCCc1ccc(C(=O)[O-])cc1.[CH2]CCC.[CH2]CCC.[Sn+2]. The van der Waals surface area contributed by atoms with Crippen LogP contribution in [0.5, 0.6) is 0 Å². The fourth-order valence-electron chi connectivity index (χ4n) is 4.09. The van der Waals surface area contributed by atoms with Crippen LogP contribution in [0.15, 0.2) is 24.3 Å². The van der Waals surface area contributed by atoms with E-state index in [1.54, 1.807) is 12.1 Å². The normalized spacial score (nSPS) is 9.72. The Hall–Kier alpha value is -1.04. The summed E-state index contributed by atoms with van der Waals surface area (Å²) in [4.78, 5) is 20.6. The van der Waals surface area contributed by atoms with Crippen LogP contribution in [0, 0.1) is 13.8 Å². The van der Waals surface area contributed by atoms with Crippen molar-refractivity contribution in [3.8, 4) is 0 Å². The van der Waals surface area contributed by atoms with E-state index in [4.69, 9.17) is 0 Å². The Kier molecular flexibility index (Phi) is 49.0. The molecule has 0 saturated carbocycles. The van der Waals surface area contributed by atoms with Crippen molar-refractivity contribution in [3.63, 3.8) is 0 Å². The standard InChI is InChI=1S/C20H40O2.C10H12O2.2C4H9.Sn/c1-2-3-4-5-6-7-8-9-10-11-12-13-14-15-16-17-18-19-20(21)22;1-2-3-8-4-6-9(7-5-8)10(11)12;2*1-3-4-2;/h2-19H2,1H3,(H,21,22);4-7H,2-3H2,1H3,(H,11,12);2*1,3-4H2,2H3;/q;;;;+2/p-2. The predicted octanol–water partition coefficient (Wildman–Crippen LogP) is 9.64. The molecule has 43 heavy (non-hydrogen) atoms. The quantitative estimate of drug-likeness (QED) is 0.0839. The number of aromatic carboxylic acids is 1. The van der Waals surface area contributed by atoms with Gasteiger partial charge in [0.2, 0.25) is 0 Å². The molecule has 0 unspecified atom stereocenters. The number of benzene rings is 1. The van der Waals surface area contributed by atoms with E-state index in [1.165, 1.54) is 115 Å². The minimum Gasteiger partial charge on any atom is -0.550 e. The van der Waals surface area contributed by atoms with Crippen LogP contribution < -0.4 is 10.2 Å². The van der Waals surface area contributed by atoms with Crippen molar-refractivity contribution in [3.05, 3.63) is 49.2 Å². The molecular formula is C38H68O4Sn. The van der Waals surface area contributed by atoms with Gasteiger partial charge in [-0.25, -0.2) is 0 Å². The molecule has 0 spiro atoms. The van der Waals surface area contributed by atoms with Crippen LogP contribution in [-0.2, 0) is 11.2 Å². The van der Waals surface area contributed by atoms with Crippen molar-refractivity contribution in [1.29, 1.82) is 0 Å². The fraction of sp³-hybridized carbons (Fsp3) is 0.737. The summed E-state index contributed by atoms with van der Waals surface area (Å²) < 4.78 is 0. The third-order valence-electron chi connectivity index (χ3n) is 6.92. The predicted molar refractivity (Wildman–Crippen MR) is 185 cm³/mol. The first-order valence-electron chi connectivity index (χ1n) is 17.4. The molecule has 0 atom stereocenters. The van der Waals surface area contributed by atoms with Crippen LogP contribution in [0.4, 0.5) is 0 Å². The molecule has 0 fully saturated rings. The number of hydrogen-bond acceptors (Lipinski definition) is 4. The molecule has 0 bridgehead atoms. The number of carbonyl (C=O) groups is 2. The summed E-state index contributed by atoms with van der Waals surface area (Å²) in [7, 11) is 0. The minimum atomic E-state index is -1.11. The summed E-state index contributed by atoms with van der Waals surface area (Å²) in [6, 6.07) is 6.82. The van der Waals surface area contributed by atoms with Gasteiger partial charge in [0.15, 0.2) is 0 Å². The number of carbonyl (C=O) groups excluding carboxylic acids is 2. The summed E-state index contributed by atoms with van der Waals surface area (Å²) in [5, 5.41) is 20.6. The molecule has 4 nitrogen and oxygen atoms in total. The zero-order valence-electron chi connectivity index (χ0n) is 28.8. The van der Waals surface area contributed by atoms with Gasteiger partial charge < -0.3 is 19.8 Å². The van der Waals surface area contributed by atoms with Gasteiger partial charge in [0.25, 0.3) is 0 Å². The van der Waals surface area contributed by atoms with E-state index in [0.717, 1.165) is 38.5 Å². The van der Waals surface area contributed by atoms with Crippen LogP contribution in [0.2, 0.25) is 0 Å². The molecule has 1 aromatic carbocycles. The number of aryl methyl sites for hydroxylation is 1. The topological polar surface area (TPSA) is 80.3 Å². The summed E-state index contributed by atoms with van der Waals surface area (Å²) in [6.45, 7) is 15.8. The monoisotopic (exact) mass is 708 g/mol. The maximum absolute atomic E-state index is 10.4. The number of carboxylic acids is 2. The summed E-state index contributed by atoms with van der Waals surface area (Å²) in [5.41, 5.74) is 1.41. The Morgan fingerprint density at radius 1 is 0.535 bits per heavy atom. The Labute approximate surface area is 285 Å². The third-order valence-corrected chi connectivity index (χ3v) is 6.92. The number of hydrogen-bond donors (Lipinski definition) is 0. The van der Waals surface area contributed by atoms with Gasteiger partial charge in [-0.3, -0.25) is 0 Å². The molecule has 1 rings (SSSR count). The minimum absolute atomic E-state index is 0. The second-order valence-corrected chi connectivity index (χ2v) is 11.2. The zero-order valence-corrected chi connectivity index (χ0v) is 31.7. The van der Waals surface area contributed by atoms with Gasteiger partial charge in [-0.15, -0.1) is 0 Å². The van der Waals surface area contributed by atoms with E-state index >= 15 is 0 Å². The molecule has 0 aliphatic heterocycles. The number of carboxylic acid groups (broad SMARTS) is 2. The molecule has 0 heterocycles. The zero-order chi connectivity index (χ0) is 32.1. The maximum atomic E-state index is 10.4. The first-order valence-corrected chi connectivity index (χ1v) is 17.4. The van der Waals surface area contributed by atoms with Crippen LogP contribution in [0.3, 0.4) is 0 Å². The van der Waals surface area contributed by atoms with E-state index < -0.39 is 11.9 Å². The fourth-order valence-corrected chi connectivity index (χ4v) is 4.09. The largest absolute Gasteiger partial charge is 2.00 e. The first kappa shape index (κ1) is 48.9. The number of unbranched alkanes of at least 4 members (excludes halogenated alkanes) is 18. The van der Waals surface area contributed by atoms with Gasteiger partial charge in [0.1, 0.15) is 0 Å². The van der Waals surface area contributed by atoms with Crippen molar-refractivity contribution in [2.75, 3.05) is 0 Å².